The highest BCUT2D eigenvalue weighted by Gasteiger charge is 2.94. The van der Waals surface area contributed by atoms with Crippen molar-refractivity contribution in [3.05, 3.63) is 137 Å². The zero-order valence-electron chi connectivity index (χ0n) is 50.3. The first-order chi connectivity index (χ1) is 32.8. The van der Waals surface area contributed by atoms with Crippen LogP contribution in [0.2, 0.25) is 191 Å². The molecule has 0 saturated carbocycles. The molecule has 72 heavy (non-hydrogen) atoms. The Labute approximate surface area is 451 Å². The summed E-state index contributed by atoms with van der Waals surface area (Å²) in [6.45, 7) is 70.3. The summed E-state index contributed by atoms with van der Waals surface area (Å²) in [6.07, 6.45) is 12.0. The monoisotopic (exact) mass is 1130 g/mol. The van der Waals surface area contributed by atoms with E-state index < -0.39 is 81.0 Å². The fourth-order valence-corrected chi connectivity index (χ4v) is 132. The molecule has 3 atom stereocenters. The van der Waals surface area contributed by atoms with Crippen molar-refractivity contribution in [2.75, 3.05) is 0 Å². The number of benzene rings is 3. The van der Waals surface area contributed by atoms with Crippen molar-refractivity contribution in [1.82, 2.24) is 0 Å². The van der Waals surface area contributed by atoms with Gasteiger partial charge in [0.25, 0.3) is 8.32 Å². The second-order valence-corrected chi connectivity index (χ2v) is 90.1. The summed E-state index contributed by atoms with van der Waals surface area (Å²) in [6, 6.07) is 35.5. The van der Waals surface area contributed by atoms with E-state index in [0.29, 0.717) is 25.2 Å². The summed E-state index contributed by atoms with van der Waals surface area (Å²) in [5.74, 6) is 1.36. The van der Waals surface area contributed by atoms with Crippen molar-refractivity contribution in [2.45, 2.75) is 217 Å². The number of rotatable bonds is 11. The van der Waals surface area contributed by atoms with Crippen LogP contribution in [0.5, 0.6) is 0 Å². The Morgan fingerprint density at radius 1 is 0.361 bits per heavy atom. The minimum absolute atomic E-state index is 0.265. The smallest absolute Gasteiger partial charge is 0.260 e. The van der Waals surface area contributed by atoms with Gasteiger partial charge in [0.2, 0.25) is 0 Å². The molecule has 3 aromatic rings. The summed E-state index contributed by atoms with van der Waals surface area (Å²) in [7, 11) is -21.7. The highest BCUT2D eigenvalue weighted by Crippen LogP contribution is 2.93. The quantitative estimate of drug-likeness (QED) is 0.137. The molecule has 0 unspecified atom stereocenters. The van der Waals surface area contributed by atoms with Crippen LogP contribution in [0.4, 0.5) is 0 Å². The molecule has 0 N–H and O–H groups in total. The van der Waals surface area contributed by atoms with Crippen LogP contribution in [0, 0.1) is 0 Å². The first kappa shape index (κ1) is 55.3. The van der Waals surface area contributed by atoms with Crippen LogP contribution in [0.15, 0.2) is 120 Å². The second kappa shape index (κ2) is 16.6. The number of hydrogen-bond donors (Lipinski definition) is 0. The molecule has 0 radical (unpaired) electrons. The van der Waals surface area contributed by atoms with E-state index in [1.165, 1.54) is 64.9 Å². The lowest BCUT2D eigenvalue weighted by atomic mass is 9.86. The highest BCUT2D eigenvalue weighted by molar-refractivity contribution is 7.31. The van der Waals surface area contributed by atoms with Crippen molar-refractivity contribution in [2.24, 2.45) is 0 Å². The molecule has 11 heteroatoms. The van der Waals surface area contributed by atoms with Crippen molar-refractivity contribution in [3.63, 3.8) is 0 Å². The Kier molecular flexibility index (Phi) is 12.7. The third-order valence-electron chi connectivity index (χ3n) is 22.6. The Hall–Kier alpha value is -1.41. The molecule has 9 rings (SSSR count). The first-order valence-corrected chi connectivity index (χ1v) is 60.7. The third-order valence-corrected chi connectivity index (χ3v) is 102. The zero-order valence-corrected chi connectivity index (χ0v) is 60.3. The number of allylic oxidation sites excluding steroid dienone is 6. The van der Waals surface area contributed by atoms with E-state index in [4.69, 9.17) is 0 Å². The zero-order chi connectivity index (χ0) is 53.5. The van der Waals surface area contributed by atoms with Crippen molar-refractivity contribution in [3.8, 4) is 0 Å². The molecule has 3 aromatic carbocycles. The largest absolute Gasteiger partial charge is 0.542 e. The van der Waals surface area contributed by atoms with Gasteiger partial charge in [-0.3, -0.25) is 0 Å². The average Bonchev–Trinajstić information content (AvgIpc) is 4.03. The topological polar surface area (TPSA) is 9.23 Å². The molecular formula is C61H100OSi10. The molecule has 390 valence electrons. The molecule has 0 aromatic heterocycles. The van der Waals surface area contributed by atoms with E-state index in [1.54, 1.807) is 5.57 Å². The van der Waals surface area contributed by atoms with Crippen LogP contribution < -0.4 is 0 Å². The molecule has 2 bridgehead atoms. The van der Waals surface area contributed by atoms with Gasteiger partial charge < -0.3 is 4.43 Å². The summed E-state index contributed by atoms with van der Waals surface area (Å²) < 4.78 is 11.3. The maximum absolute atomic E-state index is 9.81. The molecule has 5 heterocycles. The molecule has 3 saturated heterocycles. The van der Waals surface area contributed by atoms with Gasteiger partial charge in [0.15, 0.2) is 0 Å². The summed E-state index contributed by atoms with van der Waals surface area (Å²) >= 11 is 0. The number of hydrogen-bond acceptors (Lipinski definition) is 1. The van der Waals surface area contributed by atoms with Gasteiger partial charge in [-0.05, 0) is 44.9 Å². The minimum Gasteiger partial charge on any atom is -0.542 e. The van der Waals surface area contributed by atoms with Crippen molar-refractivity contribution < 1.29 is 4.43 Å². The van der Waals surface area contributed by atoms with Crippen LogP contribution in [0.1, 0.15) is 42.4 Å². The van der Waals surface area contributed by atoms with Crippen LogP contribution in [0.3, 0.4) is 0 Å². The van der Waals surface area contributed by atoms with Gasteiger partial charge in [0.05, 0.1) is 8.07 Å². The van der Waals surface area contributed by atoms with Crippen LogP contribution in [-0.2, 0) is 4.43 Å². The maximum atomic E-state index is 9.81. The molecular weight excluding hydrogens is 1030 g/mol. The van der Waals surface area contributed by atoms with Gasteiger partial charge in [-0.1, -0.05) is 292 Å². The van der Waals surface area contributed by atoms with Gasteiger partial charge in [-0.2, -0.15) is 0 Å². The van der Waals surface area contributed by atoms with E-state index in [-0.39, 0.29) is 8.57 Å². The Balaban J connectivity index is 1.68. The Morgan fingerprint density at radius 3 is 0.972 bits per heavy atom. The van der Waals surface area contributed by atoms with E-state index >= 15 is 0 Å². The molecule has 5 aliphatic heterocycles. The van der Waals surface area contributed by atoms with Gasteiger partial charge >= 0.3 is 0 Å². The second-order valence-electron chi connectivity index (χ2n) is 32.6. The SMILES string of the molecule is C[Si](C)(C)C1([Si](C)(C)C)CCC([Si](C)(C)C)([Si](C)(C)C)[Si]12OC1=C(c3ccccc3)C(c3ccccc3)=C(c3ccccc3)C1=C1[C@H]3C=C[C@@H]([C@H]12)[Si]31C([Si](C)(C)C)([Si](C)(C)C)CCC1([Si](C)(C)C)[Si](C)(C)C. The molecule has 6 aliphatic rings. The van der Waals surface area contributed by atoms with Crippen molar-refractivity contribution in [1.29, 1.82) is 0 Å². The van der Waals surface area contributed by atoms with Crippen LogP contribution >= 0.6 is 0 Å². The first-order valence-electron chi connectivity index (χ1n) is 28.6. The number of fused-ring (bicyclic) bond motifs is 5. The lowest BCUT2D eigenvalue weighted by molar-refractivity contribution is 0.382. The minimum atomic E-state index is -3.13. The third kappa shape index (κ3) is 6.44. The van der Waals surface area contributed by atoms with Gasteiger partial charge in [-0.25, -0.2) is 0 Å². The average molecular weight is 1130 g/mol. The summed E-state index contributed by atoms with van der Waals surface area (Å²) in [4.78, 5) is 0. The maximum Gasteiger partial charge on any atom is 0.260 e. The van der Waals surface area contributed by atoms with Crippen LogP contribution in [0.25, 0.3) is 16.7 Å². The molecule has 1 nitrogen and oxygen atoms in total. The fraction of sp³-hybridized carbons (Fsp3) is 0.574. The molecule has 3 fully saturated rings. The highest BCUT2D eigenvalue weighted by atomic mass is 28.5. The normalized spacial score (nSPS) is 26.2. The Bertz CT molecular complexity index is 2630. The lowest BCUT2D eigenvalue weighted by Crippen LogP contribution is -2.80. The molecule has 2 spiro atoms. The summed E-state index contributed by atoms with van der Waals surface area (Å²) in [5, 5.41) is 0. The van der Waals surface area contributed by atoms with Crippen LogP contribution in [-0.4, -0.2) is 81.0 Å². The lowest BCUT2D eigenvalue weighted by Gasteiger charge is -2.71. The van der Waals surface area contributed by atoms with Crippen molar-refractivity contribution >= 4 is 97.7 Å². The fourth-order valence-electron chi connectivity index (χ4n) is 22.8. The van der Waals surface area contributed by atoms with E-state index in [0.717, 1.165) is 0 Å². The predicted octanol–water partition coefficient (Wildman–Crippen LogP) is 20.0. The van der Waals surface area contributed by atoms with Gasteiger partial charge in [0.1, 0.15) is 5.76 Å². The molecule has 0 amide bonds. The standard InChI is InChI=1S/C61H100OSi10/c1-63(2,3)58(64(4,5)6)42-43-59(65(7,8)9,66(10,11)12)71(58)49-40-41-50(71)57-54(49)55-52(47-36-30-26-31-37-47)51(46-34-28-25-29-35-46)53(48-38-32-27-33-39-48)56(55)62-72(57)60(67(13,14)15,68(16,17)18)44-45-61(72,69(19,20)21)70(22,23)24/h25-41,49-50,57H,42-45H2,1-24H3/t49-,50+,57-/m1/s1. The predicted molar refractivity (Wildman–Crippen MR) is 349 cm³/mol. The van der Waals surface area contributed by atoms with Gasteiger partial charge in [-0.15, -0.1) is 0 Å². The summed E-state index contributed by atoms with van der Waals surface area (Å²) in [5.41, 5.74) is 13.7. The van der Waals surface area contributed by atoms with E-state index in [9.17, 15) is 4.43 Å². The van der Waals surface area contributed by atoms with E-state index in [2.05, 4.69) is 260 Å². The molecule has 1 aliphatic carbocycles. The van der Waals surface area contributed by atoms with E-state index in [1.807, 2.05) is 5.57 Å². The van der Waals surface area contributed by atoms with Gasteiger partial charge in [0, 0.05) is 92.4 Å². The Morgan fingerprint density at radius 2 is 0.653 bits per heavy atom.